The van der Waals surface area contributed by atoms with E-state index in [2.05, 4.69) is 18.8 Å². The summed E-state index contributed by atoms with van der Waals surface area (Å²) in [5, 5.41) is 3.32. The summed E-state index contributed by atoms with van der Waals surface area (Å²) < 4.78 is 5.64. The third-order valence-corrected chi connectivity index (χ3v) is 2.11. The summed E-state index contributed by atoms with van der Waals surface area (Å²) in [4.78, 5) is 0. The highest BCUT2D eigenvalue weighted by Crippen LogP contribution is 2.19. The number of ether oxygens (including phenoxy) is 1. The van der Waals surface area contributed by atoms with Crippen LogP contribution in [0.5, 0.6) is 0 Å². The summed E-state index contributed by atoms with van der Waals surface area (Å²) in [7, 11) is 0. The van der Waals surface area contributed by atoms with Gasteiger partial charge in [-0.2, -0.15) is 0 Å². The van der Waals surface area contributed by atoms with E-state index in [9.17, 15) is 0 Å². The zero-order valence-corrected chi connectivity index (χ0v) is 7.23. The van der Waals surface area contributed by atoms with Crippen LogP contribution in [0, 0.1) is 0 Å². The van der Waals surface area contributed by atoms with Crippen LogP contribution in [0.15, 0.2) is 12.7 Å². The first kappa shape index (κ1) is 8.75. The van der Waals surface area contributed by atoms with Gasteiger partial charge in [-0.25, -0.2) is 0 Å². The van der Waals surface area contributed by atoms with Gasteiger partial charge in [0.15, 0.2) is 0 Å². The van der Waals surface area contributed by atoms with Gasteiger partial charge in [-0.15, -0.1) is 6.58 Å². The van der Waals surface area contributed by atoms with E-state index in [1.165, 1.54) is 6.42 Å². The van der Waals surface area contributed by atoms with Crippen LogP contribution >= 0.6 is 0 Å². The lowest BCUT2D eigenvalue weighted by molar-refractivity contribution is -0.0322. The molecule has 11 heavy (non-hydrogen) atoms. The van der Waals surface area contributed by atoms with Gasteiger partial charge < -0.3 is 10.1 Å². The molecule has 1 fully saturated rings. The molecule has 1 saturated heterocycles. The van der Waals surface area contributed by atoms with E-state index in [4.69, 9.17) is 4.74 Å². The highest BCUT2D eigenvalue weighted by Gasteiger charge is 2.26. The first-order valence-corrected chi connectivity index (χ1v) is 4.22. The maximum absolute atomic E-state index is 5.64. The number of hydrogen-bond donors (Lipinski definition) is 1. The number of piperidine rings is 1. The fourth-order valence-corrected chi connectivity index (χ4v) is 1.41. The second-order valence-corrected chi connectivity index (χ2v) is 3.33. The Bertz CT molecular complexity index is 128. The zero-order chi connectivity index (χ0) is 8.16. The van der Waals surface area contributed by atoms with Crippen molar-refractivity contribution < 1.29 is 4.74 Å². The van der Waals surface area contributed by atoms with E-state index in [0.717, 1.165) is 19.5 Å². The number of rotatable bonds is 3. The molecule has 64 valence electrons. The summed E-state index contributed by atoms with van der Waals surface area (Å²) in [6.07, 6.45) is 4.18. The fourth-order valence-electron chi connectivity index (χ4n) is 1.41. The summed E-state index contributed by atoms with van der Waals surface area (Å²) in [5.41, 5.74) is 0.0481. The third-order valence-electron chi connectivity index (χ3n) is 2.11. The highest BCUT2D eigenvalue weighted by molar-refractivity contribution is 4.83. The van der Waals surface area contributed by atoms with Crippen LogP contribution in [0.3, 0.4) is 0 Å². The Morgan fingerprint density at radius 1 is 1.73 bits per heavy atom. The van der Waals surface area contributed by atoms with Crippen LogP contribution < -0.4 is 5.32 Å². The molecule has 0 aliphatic carbocycles. The molecule has 1 atom stereocenters. The van der Waals surface area contributed by atoms with Gasteiger partial charge in [0.1, 0.15) is 0 Å². The Balaban J connectivity index is 2.30. The number of hydrogen-bond acceptors (Lipinski definition) is 2. The quantitative estimate of drug-likeness (QED) is 0.621. The van der Waals surface area contributed by atoms with Crippen molar-refractivity contribution in [1.29, 1.82) is 0 Å². The van der Waals surface area contributed by atoms with Crippen molar-refractivity contribution in [3.63, 3.8) is 0 Å². The van der Waals surface area contributed by atoms with Crippen molar-refractivity contribution in [2.45, 2.75) is 25.4 Å². The van der Waals surface area contributed by atoms with E-state index in [-0.39, 0.29) is 5.60 Å². The molecule has 0 saturated carbocycles. The minimum absolute atomic E-state index is 0.0481. The highest BCUT2D eigenvalue weighted by atomic mass is 16.5. The number of nitrogens with one attached hydrogen (secondary N) is 1. The average molecular weight is 155 g/mol. The molecule has 1 aliphatic heterocycles. The molecule has 0 spiro atoms. The molecule has 0 aromatic rings. The van der Waals surface area contributed by atoms with Gasteiger partial charge in [0, 0.05) is 6.54 Å². The van der Waals surface area contributed by atoms with Crippen molar-refractivity contribution in [3.05, 3.63) is 12.7 Å². The molecule has 1 N–H and O–H groups in total. The molecule has 1 unspecified atom stereocenters. The minimum Gasteiger partial charge on any atom is -0.370 e. The lowest BCUT2D eigenvalue weighted by atomic mass is 9.96. The Morgan fingerprint density at radius 3 is 3.09 bits per heavy atom. The molecule has 0 aromatic heterocycles. The standard InChI is InChI=1S/C9H17NO/c1-3-7-11-9(2)5-4-6-10-8-9/h3,10H,1,4-8H2,2H3. The SMILES string of the molecule is C=CCOC1(C)CCCNC1. The van der Waals surface area contributed by atoms with Crippen molar-refractivity contribution >= 4 is 0 Å². The van der Waals surface area contributed by atoms with Gasteiger partial charge in [0.05, 0.1) is 12.2 Å². The van der Waals surface area contributed by atoms with Crippen LogP contribution in [0.25, 0.3) is 0 Å². The Labute approximate surface area is 68.6 Å². The van der Waals surface area contributed by atoms with E-state index in [1.807, 2.05) is 0 Å². The Hall–Kier alpha value is -0.340. The summed E-state index contributed by atoms with van der Waals surface area (Å²) in [5.74, 6) is 0. The van der Waals surface area contributed by atoms with Gasteiger partial charge in [0.25, 0.3) is 0 Å². The largest absolute Gasteiger partial charge is 0.370 e. The van der Waals surface area contributed by atoms with E-state index in [1.54, 1.807) is 6.08 Å². The van der Waals surface area contributed by atoms with Crippen LogP contribution in [0.2, 0.25) is 0 Å². The van der Waals surface area contributed by atoms with Gasteiger partial charge in [-0.05, 0) is 26.3 Å². The second-order valence-electron chi connectivity index (χ2n) is 3.33. The van der Waals surface area contributed by atoms with Gasteiger partial charge >= 0.3 is 0 Å². The Morgan fingerprint density at radius 2 is 2.55 bits per heavy atom. The van der Waals surface area contributed by atoms with Crippen LogP contribution in [-0.4, -0.2) is 25.3 Å². The summed E-state index contributed by atoms with van der Waals surface area (Å²) >= 11 is 0. The Kier molecular flexibility index (Phi) is 3.09. The zero-order valence-electron chi connectivity index (χ0n) is 7.23. The smallest absolute Gasteiger partial charge is 0.0783 e. The molecular weight excluding hydrogens is 138 g/mol. The molecule has 0 radical (unpaired) electrons. The molecule has 0 aromatic carbocycles. The third kappa shape index (κ3) is 2.64. The molecular formula is C9H17NO. The normalized spacial score (nSPS) is 31.7. The molecule has 1 rings (SSSR count). The van der Waals surface area contributed by atoms with E-state index in [0.29, 0.717) is 6.61 Å². The van der Waals surface area contributed by atoms with Crippen LogP contribution in [-0.2, 0) is 4.74 Å². The molecule has 1 heterocycles. The van der Waals surface area contributed by atoms with E-state index >= 15 is 0 Å². The molecule has 2 heteroatoms. The summed E-state index contributed by atoms with van der Waals surface area (Å²) in [6.45, 7) is 8.56. The predicted molar refractivity (Wildman–Crippen MR) is 46.7 cm³/mol. The van der Waals surface area contributed by atoms with Crippen molar-refractivity contribution in [1.82, 2.24) is 5.32 Å². The average Bonchev–Trinajstić information content (AvgIpc) is 2.03. The molecule has 0 bridgehead atoms. The van der Waals surface area contributed by atoms with Crippen molar-refractivity contribution in [3.8, 4) is 0 Å². The maximum atomic E-state index is 5.64. The topological polar surface area (TPSA) is 21.3 Å². The summed E-state index contributed by atoms with van der Waals surface area (Å²) in [6, 6.07) is 0. The first-order valence-electron chi connectivity index (χ1n) is 4.22. The van der Waals surface area contributed by atoms with Crippen LogP contribution in [0.4, 0.5) is 0 Å². The molecule has 2 nitrogen and oxygen atoms in total. The molecule has 0 amide bonds. The van der Waals surface area contributed by atoms with Crippen molar-refractivity contribution in [2.75, 3.05) is 19.7 Å². The molecule has 1 aliphatic rings. The van der Waals surface area contributed by atoms with Crippen molar-refractivity contribution in [2.24, 2.45) is 0 Å². The lowest BCUT2D eigenvalue weighted by Crippen LogP contribution is -2.45. The second kappa shape index (κ2) is 3.88. The van der Waals surface area contributed by atoms with Gasteiger partial charge in [-0.3, -0.25) is 0 Å². The minimum atomic E-state index is 0.0481. The van der Waals surface area contributed by atoms with Gasteiger partial charge in [0.2, 0.25) is 0 Å². The monoisotopic (exact) mass is 155 g/mol. The predicted octanol–water partition coefficient (Wildman–Crippen LogP) is 1.33. The first-order chi connectivity index (χ1) is 5.27. The van der Waals surface area contributed by atoms with Gasteiger partial charge in [-0.1, -0.05) is 6.08 Å². The fraction of sp³-hybridized carbons (Fsp3) is 0.778. The van der Waals surface area contributed by atoms with Crippen LogP contribution in [0.1, 0.15) is 19.8 Å². The van der Waals surface area contributed by atoms with E-state index < -0.39 is 0 Å². The maximum Gasteiger partial charge on any atom is 0.0783 e. The lowest BCUT2D eigenvalue weighted by Gasteiger charge is -2.33.